The summed E-state index contributed by atoms with van der Waals surface area (Å²) < 4.78 is 50.9. The molecule has 0 fully saturated rings. The molecule has 0 aliphatic rings. The molecule has 0 radical (unpaired) electrons. The third kappa shape index (κ3) is 6.12. The van der Waals surface area contributed by atoms with Crippen molar-refractivity contribution in [3.8, 4) is 23.1 Å². The fourth-order valence-corrected chi connectivity index (χ4v) is 3.18. The molecule has 154 valence electrons. The van der Waals surface area contributed by atoms with E-state index in [1.165, 1.54) is 0 Å². The normalized spacial score (nSPS) is 11.0. The lowest BCUT2D eigenvalue weighted by Crippen LogP contribution is -2.12. The zero-order chi connectivity index (χ0) is 21.4. The number of thioether (sulfide) groups is 1. The number of nitrogens with zero attached hydrogens (tertiary/aromatic N) is 2. The molecule has 2 rings (SSSR count). The summed E-state index contributed by atoms with van der Waals surface area (Å²) in [7, 11) is 0. The molecule has 0 aliphatic heterocycles. The number of benzene rings is 1. The summed E-state index contributed by atoms with van der Waals surface area (Å²) in [5.74, 6) is -0.253. The van der Waals surface area contributed by atoms with Crippen LogP contribution in [0.25, 0.3) is 11.3 Å². The highest BCUT2D eigenvalue weighted by atomic mass is 32.2. The molecule has 0 saturated carbocycles. The molecule has 1 heterocycles. The Bertz CT molecular complexity index is 894. The van der Waals surface area contributed by atoms with E-state index in [0.717, 1.165) is 24.2 Å². The maximum atomic E-state index is 13.5. The zero-order valence-electron chi connectivity index (χ0n) is 15.9. The summed E-state index contributed by atoms with van der Waals surface area (Å²) in [6, 6.07) is 8.88. The third-order valence-corrected chi connectivity index (χ3v) is 4.61. The van der Waals surface area contributed by atoms with Gasteiger partial charge in [-0.1, -0.05) is 18.7 Å². The molecule has 9 heteroatoms. The van der Waals surface area contributed by atoms with E-state index in [0.29, 0.717) is 17.9 Å². The van der Waals surface area contributed by atoms with E-state index in [-0.39, 0.29) is 23.1 Å². The van der Waals surface area contributed by atoms with Gasteiger partial charge in [-0.05, 0) is 43.7 Å². The number of pyridine rings is 1. The van der Waals surface area contributed by atoms with Crippen LogP contribution >= 0.6 is 11.8 Å². The quantitative estimate of drug-likeness (QED) is 0.435. The molecule has 1 aromatic heterocycles. The van der Waals surface area contributed by atoms with Crippen molar-refractivity contribution in [1.29, 1.82) is 5.26 Å². The molecule has 0 aliphatic carbocycles. The van der Waals surface area contributed by atoms with Crippen LogP contribution in [-0.4, -0.2) is 29.9 Å². The number of hydrogen-bond donors (Lipinski definition) is 0. The van der Waals surface area contributed by atoms with Gasteiger partial charge in [-0.2, -0.15) is 18.4 Å². The molecule has 0 spiro atoms. The standard InChI is InChI=1S/C20H19F3N2O3S/c1-3-9-28-14-7-5-13(6-8-14)17-10-16(20(21,22)23)15(11-24)19(25-17)29-12-18(26)27-4-2/h5-8,10H,3-4,9,12H2,1-2H3. The number of alkyl halides is 3. The first kappa shape index (κ1) is 22.6. The summed E-state index contributed by atoms with van der Waals surface area (Å²) in [4.78, 5) is 15.8. The minimum absolute atomic E-state index is 0.0460. The Kier molecular flexibility index (Phi) is 7.91. The lowest BCUT2D eigenvalue weighted by molar-refractivity contribution is -0.140. The Morgan fingerprint density at radius 1 is 1.24 bits per heavy atom. The van der Waals surface area contributed by atoms with Crippen molar-refractivity contribution in [3.63, 3.8) is 0 Å². The van der Waals surface area contributed by atoms with Crippen LogP contribution < -0.4 is 4.74 Å². The Morgan fingerprint density at radius 3 is 2.48 bits per heavy atom. The van der Waals surface area contributed by atoms with Gasteiger partial charge in [-0.15, -0.1) is 0 Å². The Hall–Kier alpha value is -2.73. The number of hydrogen-bond acceptors (Lipinski definition) is 6. The van der Waals surface area contributed by atoms with E-state index in [9.17, 15) is 23.2 Å². The maximum absolute atomic E-state index is 13.5. The molecule has 0 amide bonds. The van der Waals surface area contributed by atoms with Crippen LogP contribution in [0.5, 0.6) is 5.75 Å². The van der Waals surface area contributed by atoms with Crippen molar-refractivity contribution >= 4 is 17.7 Å². The van der Waals surface area contributed by atoms with Crippen molar-refractivity contribution in [1.82, 2.24) is 4.98 Å². The topological polar surface area (TPSA) is 72.2 Å². The molecule has 0 N–H and O–H groups in total. The largest absolute Gasteiger partial charge is 0.494 e. The zero-order valence-corrected chi connectivity index (χ0v) is 16.7. The lowest BCUT2D eigenvalue weighted by atomic mass is 10.1. The van der Waals surface area contributed by atoms with Gasteiger partial charge < -0.3 is 9.47 Å². The van der Waals surface area contributed by atoms with Gasteiger partial charge in [0.1, 0.15) is 16.8 Å². The number of esters is 1. The second kappa shape index (κ2) is 10.2. The maximum Gasteiger partial charge on any atom is 0.417 e. The molecule has 0 saturated heterocycles. The van der Waals surface area contributed by atoms with E-state index in [1.807, 2.05) is 6.92 Å². The monoisotopic (exact) mass is 424 g/mol. The van der Waals surface area contributed by atoms with Crippen LogP contribution in [0.3, 0.4) is 0 Å². The van der Waals surface area contributed by atoms with Gasteiger partial charge in [-0.3, -0.25) is 4.79 Å². The summed E-state index contributed by atoms with van der Waals surface area (Å²) in [5, 5.41) is 9.11. The molecule has 0 bridgehead atoms. The van der Waals surface area contributed by atoms with Crippen molar-refractivity contribution in [3.05, 3.63) is 41.5 Å². The Balaban J connectivity index is 2.45. The number of nitriles is 1. The van der Waals surface area contributed by atoms with Crippen molar-refractivity contribution in [2.75, 3.05) is 19.0 Å². The van der Waals surface area contributed by atoms with Gasteiger partial charge in [0.05, 0.1) is 35.8 Å². The number of carbonyl (C=O) groups excluding carboxylic acids is 1. The number of rotatable bonds is 8. The van der Waals surface area contributed by atoms with E-state index in [1.54, 1.807) is 37.3 Å². The third-order valence-electron chi connectivity index (χ3n) is 3.66. The SMILES string of the molecule is CCCOc1ccc(-c2cc(C(F)(F)F)c(C#N)c(SCC(=O)OCC)n2)cc1. The highest BCUT2D eigenvalue weighted by molar-refractivity contribution is 7.99. The number of aromatic nitrogens is 1. The van der Waals surface area contributed by atoms with Crippen LogP contribution in [0.1, 0.15) is 31.4 Å². The lowest BCUT2D eigenvalue weighted by Gasteiger charge is -2.14. The second-order valence-electron chi connectivity index (χ2n) is 5.81. The molecule has 1 aromatic carbocycles. The fourth-order valence-electron chi connectivity index (χ4n) is 2.38. The highest BCUT2D eigenvalue weighted by Crippen LogP contribution is 2.38. The van der Waals surface area contributed by atoms with E-state index >= 15 is 0 Å². The molecule has 0 atom stereocenters. The minimum atomic E-state index is -4.74. The van der Waals surface area contributed by atoms with Gasteiger partial charge >= 0.3 is 12.1 Å². The van der Waals surface area contributed by atoms with Gasteiger partial charge in [0.25, 0.3) is 0 Å². The van der Waals surface area contributed by atoms with Crippen LogP contribution in [0, 0.1) is 11.3 Å². The van der Waals surface area contributed by atoms with Crippen molar-refractivity contribution in [2.24, 2.45) is 0 Å². The van der Waals surface area contributed by atoms with Crippen molar-refractivity contribution < 1.29 is 27.4 Å². The average molecular weight is 424 g/mol. The summed E-state index contributed by atoms with van der Waals surface area (Å²) >= 11 is 0.740. The number of carbonyl (C=O) groups is 1. The van der Waals surface area contributed by atoms with Crippen LogP contribution in [0.15, 0.2) is 35.4 Å². The first-order valence-corrected chi connectivity index (χ1v) is 9.82. The van der Waals surface area contributed by atoms with Gasteiger partial charge in [0.15, 0.2) is 0 Å². The predicted molar refractivity (Wildman–Crippen MR) is 103 cm³/mol. The van der Waals surface area contributed by atoms with Crippen LogP contribution in [0.2, 0.25) is 0 Å². The van der Waals surface area contributed by atoms with Crippen molar-refractivity contribution in [2.45, 2.75) is 31.5 Å². The first-order chi connectivity index (χ1) is 13.8. The highest BCUT2D eigenvalue weighted by Gasteiger charge is 2.36. The van der Waals surface area contributed by atoms with E-state index in [4.69, 9.17) is 9.47 Å². The summed E-state index contributed by atoms with van der Waals surface area (Å²) in [6.07, 6.45) is -3.92. The Labute approximate surface area is 170 Å². The van der Waals surface area contributed by atoms with E-state index in [2.05, 4.69) is 4.98 Å². The van der Waals surface area contributed by atoms with E-state index < -0.39 is 23.3 Å². The summed E-state index contributed by atoms with van der Waals surface area (Å²) in [6.45, 7) is 4.26. The molecule has 2 aromatic rings. The smallest absolute Gasteiger partial charge is 0.417 e. The molecule has 29 heavy (non-hydrogen) atoms. The second-order valence-corrected chi connectivity index (χ2v) is 6.78. The van der Waals surface area contributed by atoms with Gasteiger partial charge in [-0.25, -0.2) is 4.98 Å². The molecular weight excluding hydrogens is 405 g/mol. The Morgan fingerprint density at radius 2 is 1.93 bits per heavy atom. The van der Waals surface area contributed by atoms with Crippen LogP contribution in [-0.2, 0) is 15.7 Å². The van der Waals surface area contributed by atoms with Gasteiger partial charge in [0.2, 0.25) is 0 Å². The number of ether oxygens (including phenoxy) is 2. The summed E-state index contributed by atoms with van der Waals surface area (Å²) in [5.41, 5.74) is -1.23. The first-order valence-electron chi connectivity index (χ1n) is 8.84. The molecular formula is C20H19F3N2O3S. The molecule has 0 unspecified atom stereocenters. The van der Waals surface area contributed by atoms with Gasteiger partial charge in [0, 0.05) is 5.56 Å². The molecule has 5 nitrogen and oxygen atoms in total. The average Bonchev–Trinajstić information content (AvgIpc) is 2.70. The predicted octanol–water partition coefficient (Wildman–Crippen LogP) is 5.08. The minimum Gasteiger partial charge on any atom is -0.494 e. The fraction of sp³-hybridized carbons (Fsp3) is 0.350. The van der Waals surface area contributed by atoms with Crippen LogP contribution in [0.4, 0.5) is 13.2 Å². The number of halogens is 3.